The van der Waals surface area contributed by atoms with Crippen molar-refractivity contribution in [2.24, 2.45) is 0 Å². The van der Waals surface area contributed by atoms with E-state index >= 15 is 0 Å². The number of hydrogen-bond acceptors (Lipinski definition) is 1. The van der Waals surface area contributed by atoms with Crippen LogP contribution in [-0.4, -0.2) is 17.3 Å². The fourth-order valence-electron chi connectivity index (χ4n) is 2.34. The number of rotatable bonds is 3. The lowest BCUT2D eigenvalue weighted by Crippen LogP contribution is -2.43. The Bertz CT molecular complexity index is 422. The molecule has 2 rings (SSSR count). The van der Waals surface area contributed by atoms with Crippen molar-refractivity contribution in [2.75, 3.05) is 0 Å². The van der Waals surface area contributed by atoms with E-state index in [1.165, 1.54) is 0 Å². The maximum Gasteiger partial charge on any atom is 0.224 e. The third-order valence-electron chi connectivity index (χ3n) is 3.28. The zero-order valence-corrected chi connectivity index (χ0v) is 11.7. The third-order valence-corrected chi connectivity index (χ3v) is 4.04. The van der Waals surface area contributed by atoms with Gasteiger partial charge in [-0.25, -0.2) is 0 Å². The predicted molar refractivity (Wildman–Crippen MR) is 75.2 cm³/mol. The number of amides is 1. The smallest absolute Gasteiger partial charge is 0.224 e. The first-order valence-corrected chi connectivity index (χ1v) is 7.14. The minimum Gasteiger partial charge on any atom is -0.352 e. The second-order valence-corrected chi connectivity index (χ2v) is 5.78. The molecular formula is C14H17Cl2NO. The number of carbonyl (C=O) groups excluding carboxylic acids is 1. The van der Waals surface area contributed by atoms with Crippen LogP contribution in [0.3, 0.4) is 0 Å². The molecule has 0 heterocycles. The average molecular weight is 286 g/mol. The Labute approximate surface area is 118 Å². The molecule has 1 aliphatic rings. The molecule has 1 amide bonds. The van der Waals surface area contributed by atoms with Crippen LogP contribution in [0.15, 0.2) is 24.3 Å². The summed E-state index contributed by atoms with van der Waals surface area (Å²) in [6.07, 6.45) is 4.64. The summed E-state index contributed by atoms with van der Waals surface area (Å²) in [5, 5.41) is 3.75. The number of alkyl halides is 1. The Kier molecular flexibility index (Phi) is 4.90. The van der Waals surface area contributed by atoms with Crippen molar-refractivity contribution in [2.45, 2.75) is 43.5 Å². The Morgan fingerprint density at radius 1 is 1.33 bits per heavy atom. The van der Waals surface area contributed by atoms with Gasteiger partial charge in [-0.3, -0.25) is 4.79 Å². The number of carbonyl (C=O) groups is 1. The number of hydrogen-bond donors (Lipinski definition) is 1. The molecule has 0 spiro atoms. The first-order chi connectivity index (χ1) is 8.65. The normalized spacial score (nSPS) is 23.7. The molecule has 1 fully saturated rings. The predicted octanol–water partition coefficient (Wildman–Crippen LogP) is 3.55. The summed E-state index contributed by atoms with van der Waals surface area (Å²) in [4.78, 5) is 11.9. The molecule has 0 bridgehead atoms. The standard InChI is InChI=1S/C14H17Cl2NO/c15-11-5-3-4-10(8-11)9-14(18)17-13-7-2-1-6-12(13)16/h3-5,8,12-13H,1-2,6-7,9H2,(H,17,18). The molecule has 1 N–H and O–H groups in total. The minimum atomic E-state index is 0.0230. The molecular weight excluding hydrogens is 269 g/mol. The van der Waals surface area contributed by atoms with Crippen molar-refractivity contribution in [1.82, 2.24) is 5.32 Å². The average Bonchev–Trinajstić information content (AvgIpc) is 2.32. The van der Waals surface area contributed by atoms with Crippen LogP contribution in [0.1, 0.15) is 31.2 Å². The van der Waals surface area contributed by atoms with Crippen LogP contribution in [0, 0.1) is 0 Å². The van der Waals surface area contributed by atoms with Gasteiger partial charge in [0.1, 0.15) is 0 Å². The van der Waals surface area contributed by atoms with Crippen LogP contribution in [0.4, 0.5) is 0 Å². The van der Waals surface area contributed by atoms with Crippen molar-refractivity contribution in [3.05, 3.63) is 34.9 Å². The van der Waals surface area contributed by atoms with Gasteiger partial charge in [-0.05, 0) is 30.5 Å². The highest BCUT2D eigenvalue weighted by Gasteiger charge is 2.24. The summed E-state index contributed by atoms with van der Waals surface area (Å²) >= 11 is 12.1. The van der Waals surface area contributed by atoms with Gasteiger partial charge >= 0.3 is 0 Å². The first-order valence-electron chi connectivity index (χ1n) is 6.33. The van der Waals surface area contributed by atoms with Crippen molar-refractivity contribution in [1.29, 1.82) is 0 Å². The molecule has 98 valence electrons. The van der Waals surface area contributed by atoms with E-state index in [0.717, 1.165) is 31.2 Å². The molecule has 0 radical (unpaired) electrons. The van der Waals surface area contributed by atoms with Gasteiger partial charge in [0.15, 0.2) is 0 Å². The van der Waals surface area contributed by atoms with Crippen LogP contribution >= 0.6 is 23.2 Å². The lowest BCUT2D eigenvalue weighted by molar-refractivity contribution is -0.121. The van der Waals surface area contributed by atoms with E-state index in [1.807, 2.05) is 18.2 Å². The van der Waals surface area contributed by atoms with Gasteiger partial charge in [-0.15, -0.1) is 11.6 Å². The zero-order valence-electron chi connectivity index (χ0n) is 10.2. The quantitative estimate of drug-likeness (QED) is 0.846. The van der Waals surface area contributed by atoms with E-state index in [0.29, 0.717) is 11.4 Å². The van der Waals surface area contributed by atoms with Crippen LogP contribution in [0.5, 0.6) is 0 Å². The van der Waals surface area contributed by atoms with E-state index in [1.54, 1.807) is 6.07 Å². The maximum atomic E-state index is 11.9. The van der Waals surface area contributed by atoms with Crippen molar-refractivity contribution in [3.8, 4) is 0 Å². The molecule has 2 atom stereocenters. The highest BCUT2D eigenvalue weighted by Crippen LogP contribution is 2.23. The molecule has 2 nitrogen and oxygen atoms in total. The Balaban J connectivity index is 1.88. The van der Waals surface area contributed by atoms with Crippen molar-refractivity contribution in [3.63, 3.8) is 0 Å². The molecule has 1 aromatic rings. The summed E-state index contributed by atoms with van der Waals surface area (Å²) in [6, 6.07) is 7.51. The van der Waals surface area contributed by atoms with Crippen molar-refractivity contribution < 1.29 is 4.79 Å². The molecule has 2 unspecified atom stereocenters. The first kappa shape index (κ1) is 13.7. The van der Waals surface area contributed by atoms with Gasteiger partial charge in [0.2, 0.25) is 5.91 Å². The molecule has 4 heteroatoms. The lowest BCUT2D eigenvalue weighted by Gasteiger charge is -2.27. The van der Waals surface area contributed by atoms with E-state index in [2.05, 4.69) is 5.32 Å². The Morgan fingerprint density at radius 3 is 2.83 bits per heavy atom. The fraction of sp³-hybridized carbons (Fsp3) is 0.500. The SMILES string of the molecule is O=C(Cc1cccc(Cl)c1)NC1CCCCC1Cl. The molecule has 1 aromatic carbocycles. The molecule has 1 saturated carbocycles. The summed E-state index contributed by atoms with van der Waals surface area (Å²) < 4.78 is 0. The van der Waals surface area contributed by atoms with Gasteiger partial charge in [-0.2, -0.15) is 0 Å². The summed E-state index contributed by atoms with van der Waals surface area (Å²) in [7, 11) is 0. The molecule has 0 aliphatic heterocycles. The maximum absolute atomic E-state index is 11.9. The van der Waals surface area contributed by atoms with E-state index in [4.69, 9.17) is 23.2 Å². The van der Waals surface area contributed by atoms with Crippen molar-refractivity contribution >= 4 is 29.1 Å². The van der Waals surface area contributed by atoms with Crippen LogP contribution in [-0.2, 0) is 11.2 Å². The second-order valence-electron chi connectivity index (χ2n) is 4.78. The van der Waals surface area contributed by atoms with E-state index in [-0.39, 0.29) is 17.3 Å². The van der Waals surface area contributed by atoms with E-state index in [9.17, 15) is 4.79 Å². The van der Waals surface area contributed by atoms with Gasteiger partial charge in [0.25, 0.3) is 0 Å². The summed E-state index contributed by atoms with van der Waals surface area (Å²) in [5.41, 5.74) is 0.932. The molecule has 0 aromatic heterocycles. The third kappa shape index (κ3) is 3.89. The highest BCUT2D eigenvalue weighted by molar-refractivity contribution is 6.30. The largest absolute Gasteiger partial charge is 0.352 e. The number of halogens is 2. The molecule has 1 aliphatic carbocycles. The van der Waals surface area contributed by atoms with Gasteiger partial charge in [0.05, 0.1) is 11.8 Å². The monoisotopic (exact) mass is 285 g/mol. The second kappa shape index (κ2) is 6.44. The number of benzene rings is 1. The Morgan fingerprint density at radius 2 is 2.11 bits per heavy atom. The molecule has 18 heavy (non-hydrogen) atoms. The van der Waals surface area contributed by atoms with Gasteiger partial charge in [0, 0.05) is 11.1 Å². The van der Waals surface area contributed by atoms with Crippen LogP contribution in [0.2, 0.25) is 5.02 Å². The topological polar surface area (TPSA) is 29.1 Å². The van der Waals surface area contributed by atoms with Crippen LogP contribution in [0.25, 0.3) is 0 Å². The van der Waals surface area contributed by atoms with Gasteiger partial charge in [-0.1, -0.05) is 36.6 Å². The highest BCUT2D eigenvalue weighted by atomic mass is 35.5. The summed E-state index contributed by atoms with van der Waals surface area (Å²) in [6.45, 7) is 0. The minimum absolute atomic E-state index is 0.0230. The Hall–Kier alpha value is -0.730. The number of nitrogens with one attached hydrogen (secondary N) is 1. The van der Waals surface area contributed by atoms with E-state index < -0.39 is 0 Å². The molecule has 0 saturated heterocycles. The zero-order chi connectivity index (χ0) is 13.0. The fourth-order valence-corrected chi connectivity index (χ4v) is 2.89. The van der Waals surface area contributed by atoms with Crippen LogP contribution < -0.4 is 5.32 Å². The summed E-state index contributed by atoms with van der Waals surface area (Å²) in [5.74, 6) is 0.0230. The van der Waals surface area contributed by atoms with Gasteiger partial charge < -0.3 is 5.32 Å². The lowest BCUT2D eigenvalue weighted by atomic mass is 9.94.